The smallest absolute Gasteiger partial charge is 0.207 e. The maximum absolute atomic E-state index is 12.0. The van der Waals surface area contributed by atoms with Gasteiger partial charge in [-0.05, 0) is 6.92 Å². The molecule has 19 heavy (non-hydrogen) atoms. The second kappa shape index (κ2) is 7.43. The van der Waals surface area contributed by atoms with Gasteiger partial charge in [-0.15, -0.1) is 0 Å². The minimum Gasteiger partial charge on any atom is -0.342 e. The zero-order chi connectivity index (χ0) is 14.3. The van der Waals surface area contributed by atoms with Crippen LogP contribution < -0.4 is 5.32 Å². The lowest BCUT2D eigenvalue weighted by Crippen LogP contribution is -2.40. The quantitative estimate of drug-likeness (QED) is 0.179. The van der Waals surface area contributed by atoms with Crippen molar-refractivity contribution in [1.29, 1.82) is 5.26 Å². The molecule has 0 fully saturated rings. The fraction of sp³-hybridized carbons (Fsp3) is 0.455. The Balaban J connectivity index is 2.72. The lowest BCUT2D eigenvalue weighted by molar-refractivity contribution is 0.0964. The molecule has 0 saturated heterocycles. The Morgan fingerprint density at radius 3 is 3.00 bits per heavy atom. The van der Waals surface area contributed by atoms with Crippen molar-refractivity contribution in [3.8, 4) is 6.19 Å². The zero-order valence-electron chi connectivity index (χ0n) is 10.8. The number of aromatic nitrogens is 2. The Morgan fingerprint density at radius 2 is 2.47 bits per heavy atom. The van der Waals surface area contributed by atoms with Gasteiger partial charge in [0.25, 0.3) is 0 Å². The summed E-state index contributed by atoms with van der Waals surface area (Å²) >= 11 is 4.05. The highest BCUT2D eigenvalue weighted by molar-refractivity contribution is 7.80. The zero-order valence-corrected chi connectivity index (χ0v) is 11.7. The fourth-order valence-corrected chi connectivity index (χ4v) is 1.58. The Bertz CT molecular complexity index is 504. The molecular weight excluding hydrogens is 264 g/mol. The van der Waals surface area contributed by atoms with Gasteiger partial charge < -0.3 is 9.88 Å². The molecule has 102 valence electrons. The topological polar surface area (TPSA) is 97.2 Å². The van der Waals surface area contributed by atoms with Crippen LogP contribution >= 0.6 is 12.6 Å². The Labute approximate surface area is 117 Å². The van der Waals surface area contributed by atoms with Gasteiger partial charge in [0.1, 0.15) is 5.69 Å². The molecular formula is C11H16N6OS. The number of aromatic amines is 1. The number of ketones is 1. The number of rotatable bonds is 5. The lowest BCUT2D eigenvalue weighted by Gasteiger charge is -2.18. The first-order chi connectivity index (χ1) is 9.10. The molecule has 1 aromatic rings. The molecule has 1 rings (SSSR count). The van der Waals surface area contributed by atoms with Crippen LogP contribution in [0.15, 0.2) is 11.3 Å². The van der Waals surface area contributed by atoms with Crippen molar-refractivity contribution in [3.05, 3.63) is 17.7 Å². The molecule has 7 nitrogen and oxygen atoms in total. The second-order valence-corrected chi connectivity index (χ2v) is 4.26. The standard InChI is InChI=1S/C11H16N6OS/c1-8-10(16-7-15-8)9(18)5-17(2)11(14-6-12)13-3-4-19/h7,19H,3-5H2,1-2H3,(H,13,14)(H,15,16). The number of imidazole rings is 1. The number of thiol groups is 1. The van der Waals surface area contributed by atoms with Crippen molar-refractivity contribution in [2.45, 2.75) is 6.92 Å². The molecule has 0 amide bonds. The van der Waals surface area contributed by atoms with Crippen molar-refractivity contribution >= 4 is 24.4 Å². The van der Waals surface area contributed by atoms with Crippen LogP contribution in [0.25, 0.3) is 0 Å². The molecule has 2 N–H and O–H groups in total. The third kappa shape index (κ3) is 4.30. The van der Waals surface area contributed by atoms with E-state index in [1.165, 1.54) is 6.33 Å². The van der Waals surface area contributed by atoms with Crippen LogP contribution in [0.4, 0.5) is 0 Å². The van der Waals surface area contributed by atoms with E-state index in [1.54, 1.807) is 25.1 Å². The average Bonchev–Trinajstić information content (AvgIpc) is 2.80. The Kier molecular flexibility index (Phi) is 5.89. The van der Waals surface area contributed by atoms with E-state index in [-0.39, 0.29) is 12.3 Å². The van der Waals surface area contributed by atoms with E-state index in [9.17, 15) is 4.79 Å². The van der Waals surface area contributed by atoms with Gasteiger partial charge in [0.2, 0.25) is 5.96 Å². The summed E-state index contributed by atoms with van der Waals surface area (Å²) in [5, 5.41) is 11.1. The molecule has 8 heteroatoms. The summed E-state index contributed by atoms with van der Waals surface area (Å²) in [5.41, 5.74) is 1.12. The number of Topliss-reactive ketones (excluding diaryl/α,β-unsaturated/α-hetero) is 1. The molecule has 1 heterocycles. The monoisotopic (exact) mass is 280 g/mol. The second-order valence-electron chi connectivity index (χ2n) is 3.81. The first-order valence-electron chi connectivity index (χ1n) is 5.64. The molecule has 0 aliphatic carbocycles. The Morgan fingerprint density at radius 1 is 1.74 bits per heavy atom. The number of guanidine groups is 1. The third-order valence-corrected chi connectivity index (χ3v) is 2.58. The van der Waals surface area contributed by atoms with Crippen LogP contribution in [0.5, 0.6) is 0 Å². The van der Waals surface area contributed by atoms with Gasteiger partial charge in [-0.2, -0.15) is 17.9 Å². The summed E-state index contributed by atoms with van der Waals surface area (Å²) < 4.78 is 0. The molecule has 0 aliphatic rings. The lowest BCUT2D eigenvalue weighted by atomic mass is 10.2. The van der Waals surface area contributed by atoms with Gasteiger partial charge >= 0.3 is 0 Å². The van der Waals surface area contributed by atoms with Crippen molar-refractivity contribution in [2.75, 3.05) is 25.9 Å². The maximum Gasteiger partial charge on any atom is 0.207 e. The molecule has 0 aromatic carbocycles. The predicted molar refractivity (Wildman–Crippen MR) is 75.2 cm³/mol. The number of hydrogen-bond acceptors (Lipinski definition) is 5. The molecule has 0 aliphatic heterocycles. The first kappa shape index (κ1) is 15.0. The van der Waals surface area contributed by atoms with Crippen LogP contribution in [-0.2, 0) is 0 Å². The fourth-order valence-electron chi connectivity index (χ4n) is 1.48. The number of hydrogen-bond donors (Lipinski definition) is 3. The van der Waals surface area contributed by atoms with Crippen molar-refractivity contribution in [3.63, 3.8) is 0 Å². The first-order valence-corrected chi connectivity index (χ1v) is 6.28. The van der Waals surface area contributed by atoms with E-state index >= 15 is 0 Å². The van der Waals surface area contributed by atoms with Crippen LogP contribution in [-0.4, -0.2) is 52.5 Å². The van der Waals surface area contributed by atoms with E-state index in [4.69, 9.17) is 5.26 Å². The molecule has 1 aromatic heterocycles. The SMILES string of the molecule is Cc1nc[nH]c1C(=O)CN(C)C(=NCCS)NC#N. The summed E-state index contributed by atoms with van der Waals surface area (Å²) in [5.74, 6) is 0.802. The van der Waals surface area contributed by atoms with Crippen LogP contribution in [0, 0.1) is 18.4 Å². The third-order valence-electron chi connectivity index (χ3n) is 2.38. The number of aliphatic imine (C=N–C) groups is 1. The minimum atomic E-state index is -0.115. The average molecular weight is 280 g/mol. The number of H-pyrrole nitrogens is 1. The summed E-state index contributed by atoms with van der Waals surface area (Å²) in [7, 11) is 1.69. The van der Waals surface area contributed by atoms with Crippen molar-refractivity contribution < 1.29 is 4.79 Å². The van der Waals surface area contributed by atoms with Gasteiger partial charge in [0.05, 0.1) is 25.1 Å². The Hall–Kier alpha value is -2.01. The van der Waals surface area contributed by atoms with Gasteiger partial charge in [0, 0.05) is 12.8 Å². The predicted octanol–water partition coefficient (Wildman–Crippen LogP) is 0.189. The van der Waals surface area contributed by atoms with Crippen molar-refractivity contribution in [1.82, 2.24) is 20.2 Å². The maximum atomic E-state index is 12.0. The highest BCUT2D eigenvalue weighted by Gasteiger charge is 2.15. The number of nitrogens with one attached hydrogen (secondary N) is 2. The number of nitriles is 1. The summed E-state index contributed by atoms with van der Waals surface area (Å²) in [6.07, 6.45) is 3.28. The molecule has 0 bridgehead atoms. The van der Waals surface area contributed by atoms with E-state index in [1.807, 2.05) is 0 Å². The highest BCUT2D eigenvalue weighted by Crippen LogP contribution is 2.02. The van der Waals surface area contributed by atoms with E-state index in [2.05, 4.69) is 32.9 Å². The molecule has 0 unspecified atom stereocenters. The van der Waals surface area contributed by atoms with Crippen LogP contribution in [0.3, 0.4) is 0 Å². The van der Waals surface area contributed by atoms with E-state index < -0.39 is 0 Å². The van der Waals surface area contributed by atoms with E-state index in [0.29, 0.717) is 29.6 Å². The molecule has 0 spiro atoms. The molecule has 0 saturated carbocycles. The van der Waals surface area contributed by atoms with Gasteiger partial charge in [-0.25, -0.2) is 4.98 Å². The van der Waals surface area contributed by atoms with Gasteiger partial charge in [-0.1, -0.05) is 0 Å². The van der Waals surface area contributed by atoms with Gasteiger partial charge in [0.15, 0.2) is 12.0 Å². The van der Waals surface area contributed by atoms with Gasteiger partial charge in [-0.3, -0.25) is 15.1 Å². The summed E-state index contributed by atoms with van der Waals surface area (Å²) in [6.45, 7) is 2.32. The summed E-state index contributed by atoms with van der Waals surface area (Å²) in [4.78, 5) is 24.5. The number of aryl methyl sites for hydroxylation is 1. The van der Waals surface area contributed by atoms with Crippen molar-refractivity contribution in [2.24, 2.45) is 4.99 Å². The highest BCUT2D eigenvalue weighted by atomic mass is 32.1. The normalized spacial score (nSPS) is 10.9. The number of likely N-dealkylation sites (N-methyl/N-ethyl adjacent to an activating group) is 1. The number of carbonyl (C=O) groups is 1. The van der Waals surface area contributed by atoms with Crippen LogP contribution in [0.2, 0.25) is 0 Å². The molecule has 0 atom stereocenters. The van der Waals surface area contributed by atoms with E-state index in [0.717, 1.165) is 0 Å². The number of nitrogens with zero attached hydrogens (tertiary/aromatic N) is 4. The minimum absolute atomic E-state index is 0.100. The summed E-state index contributed by atoms with van der Waals surface area (Å²) in [6, 6.07) is 0. The van der Waals surface area contributed by atoms with Crippen LogP contribution in [0.1, 0.15) is 16.2 Å². The molecule has 0 radical (unpaired) electrons. The largest absolute Gasteiger partial charge is 0.342 e. The number of carbonyl (C=O) groups excluding carboxylic acids is 1.